The highest BCUT2D eigenvalue weighted by Crippen LogP contribution is 2.17. The molecule has 0 aliphatic carbocycles. The van der Waals surface area contributed by atoms with Crippen LogP contribution in [0.3, 0.4) is 0 Å². The van der Waals surface area contributed by atoms with Gasteiger partial charge in [0.05, 0.1) is 17.6 Å². The Bertz CT molecular complexity index is 461. The molecule has 0 radical (unpaired) electrons. The predicted octanol–water partition coefficient (Wildman–Crippen LogP) is 0.661. The Labute approximate surface area is 105 Å². The van der Waals surface area contributed by atoms with Gasteiger partial charge in [-0.15, -0.1) is 0 Å². The number of carbonyl (C=O) groups is 2. The Balaban J connectivity index is 1.79. The minimum atomic E-state index is -0.103. The normalized spacial score (nSPS) is 18.4. The fourth-order valence-electron chi connectivity index (χ4n) is 1.93. The summed E-state index contributed by atoms with van der Waals surface area (Å²) in [6, 6.07) is 1.78. The van der Waals surface area contributed by atoms with Gasteiger partial charge in [0.15, 0.2) is 0 Å². The van der Waals surface area contributed by atoms with Crippen LogP contribution in [0.4, 0.5) is 11.4 Å². The molecule has 18 heavy (non-hydrogen) atoms. The largest absolute Gasteiger partial charge is 0.396 e. The first-order valence-electron chi connectivity index (χ1n) is 5.94. The maximum Gasteiger partial charge on any atom is 0.224 e. The molecule has 1 aromatic rings. The Morgan fingerprint density at radius 3 is 3.11 bits per heavy atom. The van der Waals surface area contributed by atoms with E-state index < -0.39 is 0 Å². The molecule has 4 N–H and O–H groups in total. The zero-order valence-corrected chi connectivity index (χ0v) is 9.98. The number of pyridine rings is 1. The minimum Gasteiger partial charge on any atom is -0.396 e. The van der Waals surface area contributed by atoms with Crippen molar-refractivity contribution in [3.05, 3.63) is 18.5 Å². The molecule has 1 aliphatic heterocycles. The maximum absolute atomic E-state index is 11.7. The van der Waals surface area contributed by atoms with E-state index in [-0.39, 0.29) is 17.9 Å². The van der Waals surface area contributed by atoms with Crippen LogP contribution in [0, 0.1) is 0 Å². The van der Waals surface area contributed by atoms with Gasteiger partial charge in [0.25, 0.3) is 0 Å². The van der Waals surface area contributed by atoms with Gasteiger partial charge in [-0.25, -0.2) is 0 Å². The van der Waals surface area contributed by atoms with E-state index in [2.05, 4.69) is 15.6 Å². The number of nitrogens with zero attached hydrogens (tertiary/aromatic N) is 1. The quantitative estimate of drug-likeness (QED) is 0.729. The SMILES string of the molecule is Nc1cnccc1NC(=O)CCC1CCC(=O)N1. The second-order valence-electron chi connectivity index (χ2n) is 4.35. The lowest BCUT2D eigenvalue weighted by Gasteiger charge is -2.10. The van der Waals surface area contributed by atoms with Crippen molar-refractivity contribution in [3.8, 4) is 0 Å². The summed E-state index contributed by atoms with van der Waals surface area (Å²) < 4.78 is 0. The molecule has 6 nitrogen and oxygen atoms in total. The number of nitrogens with two attached hydrogens (primary N) is 1. The number of aromatic nitrogens is 1. The average Bonchev–Trinajstić information content (AvgIpc) is 2.76. The van der Waals surface area contributed by atoms with Crippen molar-refractivity contribution >= 4 is 23.2 Å². The summed E-state index contributed by atoms with van der Waals surface area (Å²) in [5.74, 6) is -0.0344. The van der Waals surface area contributed by atoms with Crippen molar-refractivity contribution in [1.82, 2.24) is 10.3 Å². The van der Waals surface area contributed by atoms with E-state index in [1.54, 1.807) is 12.3 Å². The number of rotatable bonds is 4. The summed E-state index contributed by atoms with van der Waals surface area (Å²) in [5, 5.41) is 5.56. The lowest BCUT2D eigenvalue weighted by atomic mass is 10.1. The number of hydrogen-bond acceptors (Lipinski definition) is 4. The molecule has 1 fully saturated rings. The molecule has 0 spiro atoms. The van der Waals surface area contributed by atoms with Crippen LogP contribution in [0.2, 0.25) is 0 Å². The molecule has 96 valence electrons. The second-order valence-corrected chi connectivity index (χ2v) is 4.35. The Morgan fingerprint density at radius 1 is 1.61 bits per heavy atom. The fraction of sp³-hybridized carbons (Fsp3) is 0.417. The van der Waals surface area contributed by atoms with Gasteiger partial charge in [-0.1, -0.05) is 0 Å². The van der Waals surface area contributed by atoms with Crippen LogP contribution in [0.25, 0.3) is 0 Å². The monoisotopic (exact) mass is 248 g/mol. The summed E-state index contributed by atoms with van der Waals surface area (Å²) in [5.41, 5.74) is 6.69. The van der Waals surface area contributed by atoms with Gasteiger partial charge in [-0.05, 0) is 18.9 Å². The van der Waals surface area contributed by atoms with Crippen molar-refractivity contribution in [2.24, 2.45) is 0 Å². The number of hydrogen-bond donors (Lipinski definition) is 3. The molecule has 2 rings (SSSR count). The number of carbonyl (C=O) groups excluding carboxylic acids is 2. The van der Waals surface area contributed by atoms with E-state index >= 15 is 0 Å². The first kappa shape index (κ1) is 12.3. The van der Waals surface area contributed by atoms with Gasteiger partial charge >= 0.3 is 0 Å². The third kappa shape index (κ3) is 3.19. The summed E-state index contributed by atoms with van der Waals surface area (Å²) in [4.78, 5) is 26.5. The van der Waals surface area contributed by atoms with Crippen LogP contribution >= 0.6 is 0 Å². The summed E-state index contributed by atoms with van der Waals surface area (Å²) in [7, 11) is 0. The average molecular weight is 248 g/mol. The van der Waals surface area contributed by atoms with Crippen LogP contribution in [-0.2, 0) is 9.59 Å². The number of anilines is 2. The second kappa shape index (κ2) is 5.48. The molecular weight excluding hydrogens is 232 g/mol. The third-order valence-electron chi connectivity index (χ3n) is 2.93. The minimum absolute atomic E-state index is 0.0683. The van der Waals surface area contributed by atoms with Crippen molar-refractivity contribution in [1.29, 1.82) is 0 Å². The maximum atomic E-state index is 11.7. The van der Waals surface area contributed by atoms with Gasteiger partial charge in [-0.3, -0.25) is 14.6 Å². The van der Waals surface area contributed by atoms with Gasteiger partial charge in [-0.2, -0.15) is 0 Å². The van der Waals surface area contributed by atoms with Gasteiger partial charge in [0, 0.05) is 25.1 Å². The fourth-order valence-corrected chi connectivity index (χ4v) is 1.93. The molecule has 0 bridgehead atoms. The molecule has 0 aromatic carbocycles. The van der Waals surface area contributed by atoms with E-state index in [1.807, 2.05) is 0 Å². The van der Waals surface area contributed by atoms with E-state index in [0.29, 0.717) is 30.6 Å². The first-order chi connectivity index (χ1) is 8.65. The molecule has 1 aromatic heterocycles. The highest BCUT2D eigenvalue weighted by molar-refractivity contribution is 5.93. The van der Waals surface area contributed by atoms with Crippen LogP contribution in [0.15, 0.2) is 18.5 Å². The highest BCUT2D eigenvalue weighted by atomic mass is 16.2. The van der Waals surface area contributed by atoms with Gasteiger partial charge < -0.3 is 16.4 Å². The third-order valence-corrected chi connectivity index (χ3v) is 2.93. The van der Waals surface area contributed by atoms with Crippen LogP contribution in [0.1, 0.15) is 25.7 Å². The summed E-state index contributed by atoms with van der Waals surface area (Å²) >= 11 is 0. The molecule has 1 aliphatic rings. The smallest absolute Gasteiger partial charge is 0.224 e. The van der Waals surface area contributed by atoms with Crippen molar-refractivity contribution < 1.29 is 9.59 Å². The standard InChI is InChI=1S/C12H16N4O2/c13-9-7-14-6-5-10(9)16-12(18)4-2-8-1-3-11(17)15-8/h5-8H,1-4,13H2,(H,15,17)(H,14,16,18). The zero-order valence-electron chi connectivity index (χ0n) is 9.98. The molecule has 2 heterocycles. The summed E-state index contributed by atoms with van der Waals surface area (Å²) in [6.45, 7) is 0. The first-order valence-corrected chi connectivity index (χ1v) is 5.94. The summed E-state index contributed by atoms with van der Waals surface area (Å²) in [6.07, 6.45) is 5.46. The van der Waals surface area contributed by atoms with E-state index in [1.165, 1.54) is 6.20 Å². The molecule has 1 atom stereocenters. The van der Waals surface area contributed by atoms with Crippen molar-refractivity contribution in [2.75, 3.05) is 11.1 Å². The highest BCUT2D eigenvalue weighted by Gasteiger charge is 2.21. The van der Waals surface area contributed by atoms with E-state index in [4.69, 9.17) is 5.73 Å². The number of amides is 2. The van der Waals surface area contributed by atoms with E-state index in [9.17, 15) is 9.59 Å². The van der Waals surface area contributed by atoms with Gasteiger partial charge in [0.2, 0.25) is 11.8 Å². The van der Waals surface area contributed by atoms with Crippen molar-refractivity contribution in [2.45, 2.75) is 31.7 Å². The predicted molar refractivity (Wildman–Crippen MR) is 67.7 cm³/mol. The van der Waals surface area contributed by atoms with Gasteiger partial charge in [0.1, 0.15) is 0 Å². The lowest BCUT2D eigenvalue weighted by Crippen LogP contribution is -2.26. The van der Waals surface area contributed by atoms with Crippen LogP contribution in [0.5, 0.6) is 0 Å². The zero-order chi connectivity index (χ0) is 13.0. The molecule has 1 unspecified atom stereocenters. The molecule has 2 amide bonds. The molecular formula is C12H16N4O2. The molecule has 6 heteroatoms. The Hall–Kier alpha value is -2.11. The Morgan fingerprint density at radius 2 is 2.44 bits per heavy atom. The van der Waals surface area contributed by atoms with Crippen LogP contribution in [-0.4, -0.2) is 22.8 Å². The van der Waals surface area contributed by atoms with E-state index in [0.717, 1.165) is 6.42 Å². The topological polar surface area (TPSA) is 97.1 Å². The van der Waals surface area contributed by atoms with Crippen molar-refractivity contribution in [3.63, 3.8) is 0 Å². The van der Waals surface area contributed by atoms with Crippen LogP contribution < -0.4 is 16.4 Å². The molecule has 1 saturated heterocycles. The number of nitrogens with one attached hydrogen (secondary N) is 2. The Kier molecular flexibility index (Phi) is 3.76. The lowest BCUT2D eigenvalue weighted by molar-refractivity contribution is -0.120. The number of nitrogen functional groups attached to an aromatic ring is 1. The molecule has 0 saturated carbocycles.